The molecule has 0 heterocycles. The number of phenolic OH excluding ortho intramolecular Hbond substituents is 1. The Kier molecular flexibility index (Phi) is 12.0. The molecule has 0 aliphatic heterocycles. The van der Waals surface area contributed by atoms with E-state index >= 15 is 0 Å². The first-order valence-corrected chi connectivity index (χ1v) is 24.0. The Bertz CT molecular complexity index is 3720. The number of benzene rings is 7. The molecule has 0 atom stereocenters. The summed E-state index contributed by atoms with van der Waals surface area (Å²) in [6, 6.07) is 20.9. The number of anilines is 1. The van der Waals surface area contributed by atoms with Gasteiger partial charge >= 0.3 is 0 Å². The molecule has 26 heteroatoms. The van der Waals surface area contributed by atoms with Gasteiger partial charge in [0.15, 0.2) is 5.75 Å². The van der Waals surface area contributed by atoms with Gasteiger partial charge in [-0.05, 0) is 103 Å². The summed E-state index contributed by atoms with van der Waals surface area (Å²) >= 11 is 0. The van der Waals surface area contributed by atoms with E-state index in [-0.39, 0.29) is 67.5 Å². The normalized spacial score (nSPS) is 12.9. The number of nitrogens with zero attached hydrogens (tertiary/aromatic N) is 6. The number of amides is 1. The second kappa shape index (κ2) is 17.1. The van der Waals surface area contributed by atoms with E-state index in [1.807, 2.05) is 0 Å². The van der Waals surface area contributed by atoms with Crippen LogP contribution in [0.1, 0.15) is 17.3 Å². The molecule has 0 spiro atoms. The lowest BCUT2D eigenvalue weighted by atomic mass is 10.1. The van der Waals surface area contributed by atoms with Crippen LogP contribution < -0.4 is 11.1 Å². The molecule has 334 valence electrons. The van der Waals surface area contributed by atoms with E-state index < -0.39 is 77.4 Å². The number of fused-ring (bicyclic) bond motifs is 3. The second-order valence-electron chi connectivity index (χ2n) is 13.7. The largest absolute Gasteiger partial charge is 0.505 e. The van der Waals surface area contributed by atoms with E-state index in [1.165, 1.54) is 60.7 Å². The van der Waals surface area contributed by atoms with E-state index in [9.17, 15) is 61.8 Å². The molecule has 8 N–H and O–H groups in total. The number of hydrogen-bond acceptors (Lipinski definition) is 17. The van der Waals surface area contributed by atoms with Crippen LogP contribution in [0.25, 0.3) is 32.3 Å². The minimum absolute atomic E-state index is 0.0286. The highest BCUT2D eigenvalue weighted by atomic mass is 32.2. The minimum Gasteiger partial charge on any atom is -0.505 e. The molecular weight excluding hydrogens is 933 g/mol. The third-order valence-electron chi connectivity index (χ3n) is 9.50. The van der Waals surface area contributed by atoms with Crippen molar-refractivity contribution in [1.29, 1.82) is 0 Å². The van der Waals surface area contributed by atoms with Crippen LogP contribution in [0.15, 0.2) is 153 Å². The number of carbonyl (C=O) groups is 1. The van der Waals surface area contributed by atoms with Gasteiger partial charge in [0.05, 0.1) is 43.9 Å². The third kappa shape index (κ3) is 9.68. The Hall–Kier alpha value is -7.17. The van der Waals surface area contributed by atoms with Crippen LogP contribution in [-0.2, 0) is 40.5 Å². The van der Waals surface area contributed by atoms with Gasteiger partial charge in [-0.25, -0.2) is 0 Å². The monoisotopic (exact) mass is 962 g/mol. The maximum Gasteiger partial charge on any atom is 0.296 e. The van der Waals surface area contributed by atoms with Crippen molar-refractivity contribution < 1.29 is 61.8 Å². The number of primary amides is 1. The summed E-state index contributed by atoms with van der Waals surface area (Å²) < 4.78 is 138. The lowest BCUT2D eigenvalue weighted by Crippen LogP contribution is -2.10. The zero-order valence-corrected chi connectivity index (χ0v) is 36.1. The molecule has 0 fully saturated rings. The Labute approximate surface area is 367 Å². The van der Waals surface area contributed by atoms with Crippen LogP contribution in [-0.4, -0.2) is 69.4 Å². The van der Waals surface area contributed by atoms with Gasteiger partial charge in [-0.15, -0.1) is 25.6 Å². The summed E-state index contributed by atoms with van der Waals surface area (Å²) in [6.07, 6.45) is 0. The van der Waals surface area contributed by atoms with Crippen LogP contribution >= 0.6 is 0 Å². The molecule has 0 unspecified atom stereocenters. The fourth-order valence-corrected chi connectivity index (χ4v) is 8.84. The van der Waals surface area contributed by atoms with E-state index in [2.05, 4.69) is 36.0 Å². The van der Waals surface area contributed by atoms with Crippen molar-refractivity contribution in [3.63, 3.8) is 0 Å². The van der Waals surface area contributed by atoms with Gasteiger partial charge in [0, 0.05) is 39.0 Å². The number of phenols is 1. The van der Waals surface area contributed by atoms with E-state index in [1.54, 1.807) is 6.92 Å². The molecule has 0 radical (unpaired) electrons. The summed E-state index contributed by atoms with van der Waals surface area (Å²) in [5.41, 5.74) is 4.98. The Morgan fingerprint density at radius 2 is 0.969 bits per heavy atom. The van der Waals surface area contributed by atoms with Gasteiger partial charge < -0.3 is 16.2 Å². The summed E-state index contributed by atoms with van der Waals surface area (Å²) in [5.74, 6) is -1.54. The maximum absolute atomic E-state index is 12.6. The molecule has 0 aromatic heterocycles. The van der Waals surface area contributed by atoms with Gasteiger partial charge in [-0.1, -0.05) is 12.1 Å². The minimum atomic E-state index is -5.23. The van der Waals surface area contributed by atoms with Crippen LogP contribution in [0.3, 0.4) is 0 Å². The Balaban J connectivity index is 1.36. The molecule has 65 heavy (non-hydrogen) atoms. The van der Waals surface area contributed by atoms with E-state index in [0.717, 1.165) is 42.5 Å². The molecule has 0 saturated heterocycles. The fraction of sp³-hybridized carbons (Fsp3) is 0.0513. The number of carbonyl (C=O) groups excluding carboxylic acids is 1. The summed E-state index contributed by atoms with van der Waals surface area (Å²) in [4.78, 5) is 8.64. The van der Waals surface area contributed by atoms with Crippen molar-refractivity contribution in [1.82, 2.24) is 0 Å². The van der Waals surface area contributed by atoms with Crippen LogP contribution in [0.4, 0.5) is 39.8 Å². The number of nitrogens with two attached hydrogens (primary N) is 1. The van der Waals surface area contributed by atoms with Gasteiger partial charge in [0.25, 0.3) is 40.5 Å². The lowest BCUT2D eigenvalue weighted by Gasteiger charge is -2.14. The number of aromatic hydroxyl groups is 1. The van der Waals surface area contributed by atoms with Crippen molar-refractivity contribution in [2.24, 2.45) is 36.4 Å². The van der Waals surface area contributed by atoms with Crippen molar-refractivity contribution in [2.75, 3.05) is 11.9 Å². The first-order valence-electron chi connectivity index (χ1n) is 18.2. The van der Waals surface area contributed by atoms with Gasteiger partial charge in [0.2, 0.25) is 5.91 Å². The molecule has 7 aromatic rings. The number of rotatable bonds is 13. The quantitative estimate of drug-likeness (QED) is 0.0420. The average molecular weight is 963 g/mol. The van der Waals surface area contributed by atoms with Crippen molar-refractivity contribution in [3.8, 4) is 5.75 Å². The van der Waals surface area contributed by atoms with Crippen molar-refractivity contribution >= 4 is 119 Å². The Morgan fingerprint density at radius 3 is 1.42 bits per heavy atom. The van der Waals surface area contributed by atoms with E-state index in [4.69, 9.17) is 5.73 Å². The van der Waals surface area contributed by atoms with Crippen LogP contribution in [0.2, 0.25) is 0 Å². The maximum atomic E-state index is 12.6. The molecule has 22 nitrogen and oxygen atoms in total. The molecule has 0 aliphatic carbocycles. The van der Waals surface area contributed by atoms with Crippen LogP contribution in [0, 0.1) is 0 Å². The predicted molar refractivity (Wildman–Crippen MR) is 234 cm³/mol. The number of hydrogen-bond donors (Lipinski definition) is 7. The van der Waals surface area contributed by atoms with Gasteiger partial charge in [0.1, 0.15) is 15.5 Å². The molecular formula is C39H30N8O14S4. The standard InChI is InChI=1S/C39H30N8O14S4/c1-2-41-34-19-27-21(15-35(34)64(56,57)58)16-36(65(59,60)61)37(38(27)48)47-46-33-14-12-31(26-10-8-24(18-29(26)33)63(53,54)55)44-45-32-13-11-30(25-9-7-23(17-28(25)32)62(50,51)52)43-42-22-5-3-20(4-6-22)39(40)49/h3-19,41,48H,2H2,1H3,(H2,40,49)(H,50,51,52)(H,53,54,55)(H,56,57,58)(H,59,60,61). The van der Waals surface area contributed by atoms with Crippen LogP contribution in [0.5, 0.6) is 5.75 Å². The predicted octanol–water partition coefficient (Wildman–Crippen LogP) is 8.62. The molecule has 0 bridgehead atoms. The smallest absolute Gasteiger partial charge is 0.296 e. The highest BCUT2D eigenvalue weighted by Crippen LogP contribution is 2.45. The zero-order chi connectivity index (χ0) is 47.2. The lowest BCUT2D eigenvalue weighted by molar-refractivity contribution is 0.1000. The zero-order valence-electron chi connectivity index (χ0n) is 32.8. The molecule has 0 aliphatic rings. The summed E-state index contributed by atoms with van der Waals surface area (Å²) in [7, 11) is -19.7. The fourth-order valence-electron chi connectivity index (χ4n) is 6.49. The Morgan fingerprint density at radius 1 is 0.523 bits per heavy atom. The molecule has 1 amide bonds. The number of azo groups is 3. The van der Waals surface area contributed by atoms with Crippen molar-refractivity contribution in [3.05, 3.63) is 109 Å². The van der Waals surface area contributed by atoms with Gasteiger partial charge in [-0.3, -0.25) is 23.0 Å². The SMILES string of the molecule is CCNc1cc2c(O)c(N=Nc3ccc(N=Nc4ccc(N=Nc5ccc(C(N)=O)cc5)c5ccc(S(=O)(=O)O)cc45)c4ccc(S(=O)(=O)O)cc34)c(S(=O)(=O)O)cc2cc1S(=O)(=O)O. The van der Waals surface area contributed by atoms with E-state index in [0.29, 0.717) is 11.1 Å². The summed E-state index contributed by atoms with van der Waals surface area (Å²) in [6.45, 7) is 1.76. The first kappa shape index (κ1) is 45.8. The second-order valence-corrected chi connectivity index (χ2v) is 19.3. The van der Waals surface area contributed by atoms with Gasteiger partial charge in [-0.2, -0.15) is 38.8 Å². The third-order valence-corrected chi connectivity index (χ3v) is 13.0. The molecule has 7 aromatic carbocycles. The first-order chi connectivity index (χ1) is 30.4. The topological polar surface area (TPSA) is 367 Å². The molecule has 7 rings (SSSR count). The highest BCUT2D eigenvalue weighted by Gasteiger charge is 2.26. The number of nitrogens with one attached hydrogen (secondary N) is 1. The average Bonchev–Trinajstić information content (AvgIpc) is 3.23. The summed E-state index contributed by atoms with van der Waals surface area (Å²) in [5, 5.41) is 39.0. The molecule has 0 saturated carbocycles. The highest BCUT2D eigenvalue weighted by molar-refractivity contribution is 7.86. The van der Waals surface area contributed by atoms with Crippen molar-refractivity contribution in [2.45, 2.75) is 26.5 Å².